The van der Waals surface area contributed by atoms with Crippen LogP contribution in [0.5, 0.6) is 0 Å². The van der Waals surface area contributed by atoms with Crippen LogP contribution in [0.25, 0.3) is 0 Å². The van der Waals surface area contributed by atoms with E-state index in [2.05, 4.69) is 16.0 Å². The lowest BCUT2D eigenvalue weighted by atomic mass is 9.92. The highest BCUT2D eigenvalue weighted by Gasteiger charge is 2.45. The highest BCUT2D eigenvalue weighted by Crippen LogP contribution is 2.26. The van der Waals surface area contributed by atoms with Gasteiger partial charge in [0.2, 0.25) is 35.3 Å². The number of ether oxygens (including phenoxy) is 2. The number of aliphatic hydroxyl groups excluding tert-OH is 1. The Morgan fingerprint density at radius 3 is 2.06 bits per heavy atom. The van der Waals surface area contributed by atoms with Gasteiger partial charge in [-0.3, -0.25) is 43.2 Å². The molecule has 7 amide bonds. The molecular formula is C48H79N7O13. The first kappa shape index (κ1) is 57.2. The zero-order valence-corrected chi connectivity index (χ0v) is 42.5. The van der Waals surface area contributed by atoms with Crippen molar-refractivity contribution in [3.05, 3.63) is 0 Å². The molecule has 0 spiro atoms. The number of amides is 7. The number of aliphatic hydroxyl groups is 1. The van der Waals surface area contributed by atoms with Crippen molar-refractivity contribution >= 4 is 59.1 Å². The molecular weight excluding hydrogens is 883 g/mol. The lowest BCUT2D eigenvalue weighted by Crippen LogP contribution is -2.62. The SMILES string of the molecule is CC[C@H](C)[C@@H]1NC(=O)[C@H](NC(=O)[C@@H](CC(C)C)N(C)C(=O)[C@@H]2CCCN2C(=O)C(C)=O)[C@H](C)OC(=O)[C@H](CC)N(C)C(=O)[C@@H]2CCCN2C(=O)[C@H](CC(C)C)NC(=O)[C@H](C(C)C)OC(=O)C[C@@H]1O. The maximum absolute atomic E-state index is 14.6. The molecule has 384 valence electrons. The minimum absolute atomic E-state index is 0.0598. The third kappa shape index (κ3) is 14.4. The molecule has 0 bridgehead atoms. The number of esters is 2. The molecule has 3 fully saturated rings. The zero-order valence-electron chi connectivity index (χ0n) is 42.5. The first-order valence-electron chi connectivity index (χ1n) is 24.4. The van der Waals surface area contributed by atoms with Crippen molar-refractivity contribution in [1.29, 1.82) is 0 Å². The van der Waals surface area contributed by atoms with E-state index in [1.165, 1.54) is 40.6 Å². The van der Waals surface area contributed by atoms with Crippen LogP contribution in [-0.4, -0.2) is 172 Å². The third-order valence-electron chi connectivity index (χ3n) is 13.4. The first-order valence-corrected chi connectivity index (χ1v) is 24.4. The zero-order chi connectivity index (χ0) is 51.5. The van der Waals surface area contributed by atoms with E-state index < -0.39 is 138 Å². The van der Waals surface area contributed by atoms with Gasteiger partial charge in [-0.25, -0.2) is 4.79 Å². The Bertz CT molecular complexity index is 1860. The molecule has 3 aliphatic heterocycles. The number of carbonyl (C=O) groups excluding carboxylic acids is 10. The summed E-state index contributed by atoms with van der Waals surface area (Å²) in [6.07, 6.45) is -2.86. The number of carbonyl (C=O) groups is 10. The third-order valence-corrected chi connectivity index (χ3v) is 13.4. The highest BCUT2D eigenvalue weighted by molar-refractivity contribution is 6.35. The van der Waals surface area contributed by atoms with Gasteiger partial charge in [0.25, 0.3) is 11.8 Å². The lowest BCUT2D eigenvalue weighted by molar-refractivity contribution is -0.162. The Morgan fingerprint density at radius 1 is 0.868 bits per heavy atom. The van der Waals surface area contributed by atoms with E-state index in [9.17, 15) is 53.1 Å². The van der Waals surface area contributed by atoms with Crippen molar-refractivity contribution in [2.45, 2.75) is 195 Å². The molecule has 0 saturated carbocycles. The molecule has 0 radical (unpaired) electrons. The van der Waals surface area contributed by atoms with Crippen LogP contribution in [0.2, 0.25) is 0 Å². The molecule has 20 nitrogen and oxygen atoms in total. The minimum Gasteiger partial charge on any atom is -0.458 e. The Kier molecular flexibility index (Phi) is 21.4. The Labute approximate surface area is 401 Å². The Hall–Kier alpha value is -5.14. The van der Waals surface area contributed by atoms with Crippen LogP contribution in [0.15, 0.2) is 0 Å². The standard InChI is InChI=1S/C48H79N7O13/c1-14-28(9)38-36(57)24-37(58)68-40(27(7)8)43(61)49-31(22-25(3)4)45(63)55-21-17-19-34(55)46(64)52(12)32(15-2)48(66)67-30(11)39(42(60)50-38)51-41(59)35(23-26(5)6)53(13)47(65)33-18-16-20-54(33)44(62)29(10)56/h25-28,30-36,38-40,57H,14-24H2,1-13H3,(H,49,61)(H,50,60)(H,51,59)/t28-,30-,31-,32-,33-,34-,35+,36-,38-,39+,40-/m0/s1. The quantitative estimate of drug-likeness (QED) is 0.151. The molecule has 11 atom stereocenters. The van der Waals surface area contributed by atoms with Gasteiger partial charge in [0.1, 0.15) is 42.4 Å². The number of hydrogen-bond acceptors (Lipinski definition) is 13. The van der Waals surface area contributed by atoms with Gasteiger partial charge in [-0.15, -0.1) is 0 Å². The van der Waals surface area contributed by atoms with E-state index in [1.54, 1.807) is 34.6 Å². The van der Waals surface area contributed by atoms with Gasteiger partial charge in [-0.05, 0) is 75.5 Å². The van der Waals surface area contributed by atoms with Crippen LogP contribution in [-0.2, 0) is 57.4 Å². The molecule has 3 saturated heterocycles. The Balaban J connectivity index is 2.14. The number of Topliss-reactive ketones (excluding diaryl/α,β-unsaturated/α-hetero) is 1. The summed E-state index contributed by atoms with van der Waals surface area (Å²) in [5, 5.41) is 19.9. The van der Waals surface area contributed by atoms with Crippen LogP contribution in [0.3, 0.4) is 0 Å². The highest BCUT2D eigenvalue weighted by atomic mass is 16.6. The van der Waals surface area contributed by atoms with Gasteiger partial charge in [-0.1, -0.05) is 68.7 Å². The number of likely N-dealkylation sites (tertiary alicyclic amines) is 1. The molecule has 3 rings (SSSR count). The fourth-order valence-corrected chi connectivity index (χ4v) is 9.25. The second-order valence-corrected chi connectivity index (χ2v) is 20.0. The molecule has 20 heteroatoms. The van der Waals surface area contributed by atoms with E-state index in [-0.39, 0.29) is 57.0 Å². The monoisotopic (exact) mass is 962 g/mol. The molecule has 0 unspecified atom stereocenters. The maximum atomic E-state index is 14.6. The molecule has 4 N–H and O–H groups in total. The van der Waals surface area contributed by atoms with E-state index in [0.717, 1.165) is 6.92 Å². The number of ketones is 1. The predicted octanol–water partition coefficient (Wildman–Crippen LogP) is 1.48. The molecule has 68 heavy (non-hydrogen) atoms. The summed E-state index contributed by atoms with van der Waals surface area (Å²) in [6, 6.07) is -8.35. The summed E-state index contributed by atoms with van der Waals surface area (Å²) in [6.45, 7) is 18.8. The van der Waals surface area contributed by atoms with Gasteiger partial charge >= 0.3 is 11.9 Å². The van der Waals surface area contributed by atoms with Gasteiger partial charge < -0.3 is 50.1 Å². The molecule has 3 heterocycles. The van der Waals surface area contributed by atoms with Crippen LogP contribution in [0.1, 0.15) is 134 Å². The molecule has 0 aliphatic carbocycles. The van der Waals surface area contributed by atoms with Crippen molar-refractivity contribution in [3.63, 3.8) is 0 Å². The number of nitrogens with one attached hydrogen (secondary N) is 3. The summed E-state index contributed by atoms with van der Waals surface area (Å²) in [7, 11) is 2.81. The van der Waals surface area contributed by atoms with Crippen molar-refractivity contribution in [3.8, 4) is 0 Å². The molecule has 0 aromatic heterocycles. The number of hydrogen-bond donors (Lipinski definition) is 4. The van der Waals surface area contributed by atoms with Crippen molar-refractivity contribution < 1.29 is 62.5 Å². The summed E-state index contributed by atoms with van der Waals surface area (Å²) in [4.78, 5) is 143. The molecule has 0 aromatic carbocycles. The van der Waals surface area contributed by atoms with Gasteiger partial charge in [0, 0.05) is 34.1 Å². The van der Waals surface area contributed by atoms with Crippen LogP contribution < -0.4 is 16.0 Å². The predicted molar refractivity (Wildman–Crippen MR) is 249 cm³/mol. The molecule has 0 aromatic rings. The second-order valence-electron chi connectivity index (χ2n) is 20.0. The lowest BCUT2D eigenvalue weighted by Gasteiger charge is -2.36. The normalized spacial score (nSPS) is 28.3. The van der Waals surface area contributed by atoms with E-state index in [4.69, 9.17) is 9.47 Å². The average molecular weight is 962 g/mol. The Morgan fingerprint density at radius 2 is 1.50 bits per heavy atom. The summed E-state index contributed by atoms with van der Waals surface area (Å²) in [5.74, 6) is -8.87. The van der Waals surface area contributed by atoms with Crippen LogP contribution >= 0.6 is 0 Å². The summed E-state index contributed by atoms with van der Waals surface area (Å²) < 4.78 is 11.6. The fraction of sp³-hybridized carbons (Fsp3) is 0.792. The van der Waals surface area contributed by atoms with Gasteiger partial charge in [-0.2, -0.15) is 0 Å². The number of nitrogens with zero attached hydrogens (tertiary/aromatic N) is 4. The van der Waals surface area contributed by atoms with Crippen molar-refractivity contribution in [2.75, 3.05) is 27.2 Å². The largest absolute Gasteiger partial charge is 0.458 e. The number of likely N-dealkylation sites (N-methyl/N-ethyl adjacent to an activating group) is 2. The first-order chi connectivity index (χ1) is 31.8. The van der Waals surface area contributed by atoms with Crippen LogP contribution in [0.4, 0.5) is 0 Å². The van der Waals surface area contributed by atoms with E-state index in [1.807, 2.05) is 27.7 Å². The topological polar surface area (TPSA) is 258 Å². The number of cyclic esters (lactones) is 2. The van der Waals surface area contributed by atoms with E-state index >= 15 is 0 Å². The van der Waals surface area contributed by atoms with Gasteiger partial charge in [0.15, 0.2) is 6.10 Å². The van der Waals surface area contributed by atoms with Gasteiger partial charge in [0.05, 0.1) is 18.6 Å². The summed E-state index contributed by atoms with van der Waals surface area (Å²) in [5.41, 5.74) is 0. The number of rotatable bonds is 13. The number of fused-ring (bicyclic) bond motifs is 1. The average Bonchev–Trinajstić information content (AvgIpc) is 3.97. The minimum atomic E-state index is -1.68. The summed E-state index contributed by atoms with van der Waals surface area (Å²) >= 11 is 0. The van der Waals surface area contributed by atoms with Crippen LogP contribution in [0, 0.1) is 23.7 Å². The van der Waals surface area contributed by atoms with E-state index in [0.29, 0.717) is 19.3 Å². The maximum Gasteiger partial charge on any atom is 0.329 e. The van der Waals surface area contributed by atoms with Crippen molar-refractivity contribution in [1.82, 2.24) is 35.6 Å². The molecule has 3 aliphatic rings. The smallest absolute Gasteiger partial charge is 0.329 e. The fourth-order valence-electron chi connectivity index (χ4n) is 9.25. The van der Waals surface area contributed by atoms with Crippen molar-refractivity contribution in [2.24, 2.45) is 23.7 Å². The second kappa shape index (κ2) is 25.5.